The first kappa shape index (κ1) is 16.8. The molecule has 118 valence electrons. The molecule has 2 unspecified atom stereocenters. The average molecular weight is 345 g/mol. The van der Waals surface area contributed by atoms with Gasteiger partial charge in [-0.1, -0.05) is 43.6 Å². The lowest BCUT2D eigenvalue weighted by Crippen LogP contribution is -2.44. The number of alkyl halides is 1. The second-order valence-electron chi connectivity index (χ2n) is 8.06. The molecular weight excluding hydrogens is 312 g/mol. The summed E-state index contributed by atoms with van der Waals surface area (Å²) in [5, 5.41) is 1.02. The van der Waals surface area contributed by atoms with Crippen molar-refractivity contribution in [2.24, 2.45) is 23.7 Å². The predicted octanol–water partition coefficient (Wildman–Crippen LogP) is 5.81. The maximum absolute atomic E-state index is 6.69. The van der Waals surface area contributed by atoms with Gasteiger partial charge in [0.25, 0.3) is 0 Å². The smallest absolute Gasteiger partial charge is 0.0782 e. The van der Waals surface area contributed by atoms with Gasteiger partial charge in [-0.25, -0.2) is 0 Å². The van der Waals surface area contributed by atoms with Gasteiger partial charge >= 0.3 is 0 Å². The van der Waals surface area contributed by atoms with Crippen LogP contribution in [0.4, 0.5) is 0 Å². The van der Waals surface area contributed by atoms with Gasteiger partial charge in [-0.15, -0.1) is 0 Å². The molecule has 2 atom stereocenters. The lowest BCUT2D eigenvalue weighted by Gasteiger charge is -2.44. The molecule has 1 nitrogen and oxygen atoms in total. The van der Waals surface area contributed by atoms with Gasteiger partial charge in [-0.3, -0.25) is 0 Å². The third-order valence-electron chi connectivity index (χ3n) is 5.68. The zero-order valence-electron chi connectivity index (χ0n) is 13.8. The normalized spacial score (nSPS) is 42.9. The number of hydrogen-bond acceptors (Lipinski definition) is 1. The van der Waals surface area contributed by atoms with Crippen molar-refractivity contribution in [3.63, 3.8) is 0 Å². The highest BCUT2D eigenvalue weighted by Gasteiger charge is 2.39. The van der Waals surface area contributed by atoms with Crippen LogP contribution in [0.2, 0.25) is 0 Å². The van der Waals surface area contributed by atoms with Crippen molar-refractivity contribution in [1.82, 2.24) is 0 Å². The molecule has 0 aliphatic heterocycles. The van der Waals surface area contributed by atoms with E-state index in [2.05, 4.69) is 43.6 Å². The third-order valence-corrected chi connectivity index (χ3v) is 6.70. The molecule has 0 radical (unpaired) electrons. The largest absolute Gasteiger partial charge is 0.371 e. The Morgan fingerprint density at radius 2 is 1.60 bits per heavy atom. The molecule has 0 amide bonds. The van der Waals surface area contributed by atoms with Crippen LogP contribution in [-0.4, -0.2) is 17.0 Å². The van der Waals surface area contributed by atoms with Gasteiger partial charge in [-0.05, 0) is 68.6 Å². The van der Waals surface area contributed by atoms with Crippen molar-refractivity contribution in [1.29, 1.82) is 0 Å². The van der Waals surface area contributed by atoms with Crippen LogP contribution in [0.3, 0.4) is 0 Å². The van der Waals surface area contributed by atoms with Crippen LogP contribution in [-0.2, 0) is 4.74 Å². The lowest BCUT2D eigenvalue weighted by atomic mass is 9.74. The fraction of sp³-hybridized carbons (Fsp3) is 1.00. The van der Waals surface area contributed by atoms with Crippen LogP contribution in [0.1, 0.15) is 72.6 Å². The van der Waals surface area contributed by atoms with Crippen molar-refractivity contribution in [2.45, 2.75) is 84.3 Å². The molecule has 2 heteroatoms. The number of hydrogen-bond donors (Lipinski definition) is 0. The van der Waals surface area contributed by atoms with Crippen LogP contribution in [0.25, 0.3) is 0 Å². The van der Waals surface area contributed by atoms with E-state index >= 15 is 0 Å². The highest BCUT2D eigenvalue weighted by atomic mass is 79.9. The number of ether oxygens (including phenoxy) is 1. The van der Waals surface area contributed by atoms with E-state index in [1.54, 1.807) is 0 Å². The van der Waals surface area contributed by atoms with Crippen LogP contribution in [0.15, 0.2) is 0 Å². The molecule has 2 aliphatic carbocycles. The Bertz CT molecular complexity index is 284. The molecule has 0 saturated heterocycles. The minimum absolute atomic E-state index is 0.132. The Hall–Kier alpha value is 0.440. The first-order valence-electron chi connectivity index (χ1n) is 8.68. The summed E-state index contributed by atoms with van der Waals surface area (Å²) in [7, 11) is 0. The summed E-state index contributed by atoms with van der Waals surface area (Å²) < 4.78 is 6.69. The van der Waals surface area contributed by atoms with E-state index in [-0.39, 0.29) is 5.60 Å². The Morgan fingerprint density at radius 3 is 2.05 bits per heavy atom. The Kier molecular flexibility index (Phi) is 5.99. The lowest BCUT2D eigenvalue weighted by molar-refractivity contribution is -0.126. The van der Waals surface area contributed by atoms with Gasteiger partial charge in [-0.2, -0.15) is 0 Å². The topological polar surface area (TPSA) is 9.23 Å². The van der Waals surface area contributed by atoms with Crippen molar-refractivity contribution in [2.75, 3.05) is 5.33 Å². The highest BCUT2D eigenvalue weighted by molar-refractivity contribution is 9.09. The summed E-state index contributed by atoms with van der Waals surface area (Å²) in [6, 6.07) is 0. The maximum atomic E-state index is 6.69. The van der Waals surface area contributed by atoms with Gasteiger partial charge < -0.3 is 4.74 Å². The molecule has 0 spiro atoms. The first-order chi connectivity index (χ1) is 9.44. The van der Waals surface area contributed by atoms with Crippen molar-refractivity contribution < 1.29 is 4.74 Å². The van der Waals surface area contributed by atoms with Crippen molar-refractivity contribution in [3.8, 4) is 0 Å². The summed E-state index contributed by atoms with van der Waals surface area (Å²) in [6.45, 7) is 9.53. The predicted molar refractivity (Wildman–Crippen MR) is 90.4 cm³/mol. The zero-order chi connectivity index (χ0) is 14.8. The van der Waals surface area contributed by atoms with Gasteiger partial charge in [0.15, 0.2) is 0 Å². The van der Waals surface area contributed by atoms with E-state index in [4.69, 9.17) is 4.74 Å². The standard InChI is InChI=1S/C18H33BrO/c1-13(2)16-5-7-18(12-19,8-6-16)20-17-10-14(3)9-15(4)11-17/h13-17H,5-12H2,1-4H3. The Morgan fingerprint density at radius 1 is 1.05 bits per heavy atom. The number of halogens is 1. The summed E-state index contributed by atoms with van der Waals surface area (Å²) >= 11 is 3.76. The van der Waals surface area contributed by atoms with Gasteiger partial charge in [0.2, 0.25) is 0 Å². The first-order valence-corrected chi connectivity index (χ1v) is 9.80. The number of rotatable bonds is 4. The molecular formula is C18H33BrO. The fourth-order valence-electron chi connectivity index (χ4n) is 4.44. The van der Waals surface area contributed by atoms with Gasteiger partial charge in [0.05, 0.1) is 11.7 Å². The van der Waals surface area contributed by atoms with Gasteiger partial charge in [0.1, 0.15) is 0 Å². The van der Waals surface area contributed by atoms with Crippen LogP contribution >= 0.6 is 15.9 Å². The third kappa shape index (κ3) is 4.22. The summed E-state index contributed by atoms with van der Waals surface area (Å²) in [4.78, 5) is 0. The molecule has 0 bridgehead atoms. The fourth-order valence-corrected chi connectivity index (χ4v) is 5.13. The molecule has 2 rings (SSSR count). The van der Waals surface area contributed by atoms with Gasteiger partial charge in [0, 0.05) is 5.33 Å². The Labute approximate surface area is 134 Å². The molecule has 2 fully saturated rings. The molecule has 2 saturated carbocycles. The summed E-state index contributed by atoms with van der Waals surface area (Å²) in [5.41, 5.74) is 0.132. The minimum atomic E-state index is 0.132. The SMILES string of the molecule is CC1CC(C)CC(OC2(CBr)CCC(C(C)C)CC2)C1. The zero-order valence-corrected chi connectivity index (χ0v) is 15.4. The van der Waals surface area contributed by atoms with E-state index in [1.165, 1.54) is 44.9 Å². The Balaban J connectivity index is 1.92. The van der Waals surface area contributed by atoms with E-state index < -0.39 is 0 Å². The molecule has 0 N–H and O–H groups in total. The average Bonchev–Trinajstić information content (AvgIpc) is 2.38. The van der Waals surface area contributed by atoms with Crippen LogP contribution in [0, 0.1) is 23.7 Å². The van der Waals surface area contributed by atoms with E-state index in [0.717, 1.165) is 29.0 Å². The minimum Gasteiger partial charge on any atom is -0.371 e. The maximum Gasteiger partial charge on any atom is 0.0782 e. The molecule has 0 aromatic heterocycles. The monoisotopic (exact) mass is 344 g/mol. The summed E-state index contributed by atoms with van der Waals surface area (Å²) in [6.07, 6.45) is 9.63. The second kappa shape index (κ2) is 7.13. The molecule has 0 aromatic rings. The molecule has 0 heterocycles. The molecule has 0 aromatic carbocycles. The van der Waals surface area contributed by atoms with Crippen LogP contribution in [0.5, 0.6) is 0 Å². The summed E-state index contributed by atoms with van der Waals surface area (Å²) in [5.74, 6) is 3.42. The van der Waals surface area contributed by atoms with E-state index in [9.17, 15) is 0 Å². The molecule has 2 aliphatic rings. The highest BCUT2D eigenvalue weighted by Crippen LogP contribution is 2.42. The van der Waals surface area contributed by atoms with E-state index in [1.807, 2.05) is 0 Å². The second-order valence-corrected chi connectivity index (χ2v) is 8.62. The van der Waals surface area contributed by atoms with Crippen molar-refractivity contribution in [3.05, 3.63) is 0 Å². The quantitative estimate of drug-likeness (QED) is 0.585. The van der Waals surface area contributed by atoms with E-state index in [0.29, 0.717) is 6.10 Å². The van der Waals surface area contributed by atoms with Crippen molar-refractivity contribution >= 4 is 15.9 Å². The van der Waals surface area contributed by atoms with Crippen LogP contribution < -0.4 is 0 Å². The molecule has 20 heavy (non-hydrogen) atoms.